The third-order valence-electron chi connectivity index (χ3n) is 10.1. The Morgan fingerprint density at radius 3 is 1.10 bits per heavy atom. The van der Waals surface area contributed by atoms with Gasteiger partial charge in [0, 0.05) is 6.61 Å². The average molecular weight is 887 g/mol. The van der Waals surface area contributed by atoms with Crippen molar-refractivity contribution in [2.75, 3.05) is 26.4 Å². The van der Waals surface area contributed by atoms with E-state index in [1.54, 1.807) is 0 Å². The van der Waals surface area contributed by atoms with E-state index in [4.69, 9.17) is 34.6 Å². The van der Waals surface area contributed by atoms with Gasteiger partial charge in [0.2, 0.25) is 0 Å². The van der Waals surface area contributed by atoms with Crippen LogP contribution in [-0.2, 0) is 14.2 Å². The van der Waals surface area contributed by atoms with Crippen molar-refractivity contribution in [1.82, 2.24) is 0 Å². The fourth-order valence-corrected chi connectivity index (χ4v) is 6.33. The topological polar surface area (TPSA) is 211 Å². The molecule has 0 unspecified atom stereocenters. The summed E-state index contributed by atoms with van der Waals surface area (Å²) in [4.78, 5) is 70.2. The van der Waals surface area contributed by atoms with E-state index in [1.807, 2.05) is 0 Å². The molecule has 0 heterocycles. The van der Waals surface area contributed by atoms with Gasteiger partial charge in [-0.1, -0.05) is 156 Å². The number of aliphatic hydroxyl groups is 1. The summed E-state index contributed by atoms with van der Waals surface area (Å²) in [6.07, 6.45) is 27.1. The number of esters is 3. The van der Waals surface area contributed by atoms with Gasteiger partial charge in [-0.2, -0.15) is 0 Å². The first kappa shape index (κ1) is 58.2. The summed E-state index contributed by atoms with van der Waals surface area (Å²) < 4.78 is 16.4. The number of carbonyl (C=O) groups is 6. The van der Waals surface area contributed by atoms with Crippen LogP contribution in [0.3, 0.4) is 0 Å². The number of carbonyl (C=O) groups excluding carboxylic acids is 3. The number of rotatable bonds is 33. The van der Waals surface area contributed by atoms with Crippen molar-refractivity contribution in [3.8, 4) is 0 Å². The maximum atomic E-state index is 13.0. The Hall–Kier alpha value is -4.78. The molecule has 0 atom stereocenters. The molecule has 0 radical (unpaired) electrons. The summed E-state index contributed by atoms with van der Waals surface area (Å²) in [7, 11) is 0. The summed E-state index contributed by atoms with van der Waals surface area (Å²) in [5, 5.41) is 34.3. The van der Waals surface area contributed by atoms with Crippen LogP contribution in [0, 0.1) is 0 Å². The first-order chi connectivity index (χ1) is 30.4. The molecule has 4 N–H and O–H groups in total. The van der Waals surface area contributed by atoms with E-state index in [0.717, 1.165) is 82.4 Å². The number of unbranched alkanes of at least 4 members (excludes halogenated alkanes) is 20. The number of hydrogen-bond acceptors (Lipinski definition) is 10. The van der Waals surface area contributed by atoms with Crippen LogP contribution in [0.2, 0.25) is 0 Å². The number of carboxylic acid groups (broad SMARTS) is 3. The number of carboxylic acids is 3. The minimum atomic E-state index is -1.48. The molecule has 2 aromatic rings. The van der Waals surface area contributed by atoms with Crippen molar-refractivity contribution in [3.63, 3.8) is 0 Å². The van der Waals surface area contributed by atoms with Crippen LogP contribution in [0.25, 0.3) is 0 Å². The van der Waals surface area contributed by atoms with Gasteiger partial charge >= 0.3 is 35.8 Å². The highest BCUT2D eigenvalue weighted by molar-refractivity contribution is 6.05. The van der Waals surface area contributed by atoms with Gasteiger partial charge in [-0.05, 0) is 62.1 Å². The molecular weight excluding hydrogens is 809 g/mol. The third kappa shape index (κ3) is 28.5. The van der Waals surface area contributed by atoms with Gasteiger partial charge in [-0.25, -0.2) is 28.8 Å². The molecule has 0 saturated carbocycles. The number of ether oxygens (including phenoxy) is 3. The molecule has 63 heavy (non-hydrogen) atoms. The standard InChI is InChI=1S/C33H54O6.C9H6O6.C8H18O/c1-4-7-10-13-16-19-24-37-31(34)28-22-23-29(32(35)38-25-20-17-14-11-8-5-2)30(27-28)33(36)39-26-21-18-15-12-9-6-3;10-7(11)4-1-2-5(8(12)13)6(3-4)9(14)15;1-2-3-4-5-6-7-8-9/h22-23,27H,4-21,24-26H2,1-3H3;1-3H,(H,10,11)(H,12,13)(H,14,15);9H,2-8H2,1H3. The van der Waals surface area contributed by atoms with Crippen LogP contribution >= 0.6 is 0 Å². The Labute approximate surface area is 376 Å². The summed E-state index contributed by atoms with van der Waals surface area (Å²) in [6.45, 7) is 10.0. The second-order valence-electron chi connectivity index (χ2n) is 15.6. The van der Waals surface area contributed by atoms with Crippen LogP contribution in [0.5, 0.6) is 0 Å². The predicted octanol–water partition coefficient (Wildman–Crippen LogP) is 12.4. The van der Waals surface area contributed by atoms with E-state index < -0.39 is 46.9 Å². The van der Waals surface area contributed by atoms with E-state index >= 15 is 0 Å². The number of aromatic carboxylic acids is 3. The van der Waals surface area contributed by atoms with Gasteiger partial charge in [0.25, 0.3) is 0 Å². The number of aliphatic hydroxyl groups excluding tert-OH is 1. The fourth-order valence-electron chi connectivity index (χ4n) is 6.33. The Morgan fingerprint density at radius 1 is 0.365 bits per heavy atom. The normalized spacial score (nSPS) is 10.4. The maximum Gasteiger partial charge on any atom is 0.339 e. The molecule has 2 rings (SSSR count). The molecule has 0 fully saturated rings. The maximum absolute atomic E-state index is 13.0. The monoisotopic (exact) mass is 887 g/mol. The van der Waals surface area contributed by atoms with Crippen molar-refractivity contribution in [2.24, 2.45) is 0 Å². The van der Waals surface area contributed by atoms with Crippen molar-refractivity contribution >= 4 is 35.8 Å². The van der Waals surface area contributed by atoms with E-state index in [0.29, 0.717) is 19.8 Å². The summed E-state index contributed by atoms with van der Waals surface area (Å²) in [5.41, 5.74) is -0.823. The minimum absolute atomic E-state index is 0.0583. The average Bonchev–Trinajstić information content (AvgIpc) is 3.27. The Balaban J connectivity index is 0.00000129. The zero-order valence-corrected chi connectivity index (χ0v) is 38.7. The van der Waals surface area contributed by atoms with Crippen LogP contribution < -0.4 is 0 Å². The second kappa shape index (κ2) is 38.9. The zero-order chi connectivity index (χ0) is 47.1. The fraction of sp³-hybridized carbons (Fsp3) is 0.640. The van der Waals surface area contributed by atoms with Crippen LogP contribution in [0.15, 0.2) is 36.4 Å². The van der Waals surface area contributed by atoms with Gasteiger partial charge in [0.15, 0.2) is 0 Å². The summed E-state index contributed by atoms with van der Waals surface area (Å²) >= 11 is 0. The minimum Gasteiger partial charge on any atom is -0.478 e. The Bertz CT molecular complexity index is 1580. The van der Waals surface area contributed by atoms with Gasteiger partial charge < -0.3 is 34.6 Å². The van der Waals surface area contributed by atoms with Gasteiger partial charge in [0.05, 0.1) is 53.2 Å². The lowest BCUT2D eigenvalue weighted by Gasteiger charge is -2.12. The first-order valence-corrected chi connectivity index (χ1v) is 23.5. The molecule has 0 aromatic heterocycles. The molecule has 0 aliphatic rings. The molecule has 13 nitrogen and oxygen atoms in total. The van der Waals surface area contributed by atoms with E-state index in [9.17, 15) is 28.8 Å². The SMILES string of the molecule is CCCCCCCCO.CCCCCCCCOC(=O)c1ccc(C(=O)OCCCCCCCC)c(C(=O)OCCCCCCCC)c1.O=C(O)c1ccc(C(=O)O)c(C(=O)O)c1. The second-order valence-corrected chi connectivity index (χ2v) is 15.6. The third-order valence-corrected chi connectivity index (χ3v) is 10.1. The lowest BCUT2D eigenvalue weighted by atomic mass is 10.0. The molecule has 0 amide bonds. The van der Waals surface area contributed by atoms with Crippen molar-refractivity contribution in [1.29, 1.82) is 0 Å². The van der Waals surface area contributed by atoms with E-state index in [-0.39, 0.29) is 28.9 Å². The molecule has 0 aliphatic carbocycles. The Kier molecular flexibility index (Phi) is 35.9. The van der Waals surface area contributed by atoms with Crippen molar-refractivity contribution in [2.45, 2.75) is 182 Å². The van der Waals surface area contributed by atoms with Gasteiger partial charge in [-0.3, -0.25) is 0 Å². The number of benzene rings is 2. The molecule has 13 heteroatoms. The summed E-state index contributed by atoms with van der Waals surface area (Å²) in [5.74, 6) is -5.88. The smallest absolute Gasteiger partial charge is 0.339 e. The van der Waals surface area contributed by atoms with Gasteiger partial charge in [-0.15, -0.1) is 0 Å². The highest BCUT2D eigenvalue weighted by Crippen LogP contribution is 2.18. The molecule has 0 saturated heterocycles. The number of hydrogen-bond donors (Lipinski definition) is 4. The zero-order valence-electron chi connectivity index (χ0n) is 38.7. The molecule has 2 aromatic carbocycles. The van der Waals surface area contributed by atoms with Crippen LogP contribution in [0.1, 0.15) is 244 Å². The first-order valence-electron chi connectivity index (χ1n) is 23.5. The van der Waals surface area contributed by atoms with Crippen LogP contribution in [-0.4, -0.2) is 82.7 Å². The molecular formula is C50H78O13. The Morgan fingerprint density at radius 2 is 0.698 bits per heavy atom. The van der Waals surface area contributed by atoms with Crippen molar-refractivity contribution < 1.29 is 63.4 Å². The highest BCUT2D eigenvalue weighted by Gasteiger charge is 2.23. The highest BCUT2D eigenvalue weighted by atomic mass is 16.5. The van der Waals surface area contributed by atoms with E-state index in [1.165, 1.54) is 108 Å². The van der Waals surface area contributed by atoms with Crippen molar-refractivity contribution in [3.05, 3.63) is 69.8 Å². The lowest BCUT2D eigenvalue weighted by molar-refractivity contribution is 0.0447. The van der Waals surface area contributed by atoms with Gasteiger partial charge in [0.1, 0.15) is 0 Å². The molecule has 356 valence electrons. The van der Waals surface area contributed by atoms with Crippen LogP contribution in [0.4, 0.5) is 0 Å². The lowest BCUT2D eigenvalue weighted by Crippen LogP contribution is -2.17. The molecule has 0 spiro atoms. The molecule has 0 bridgehead atoms. The van der Waals surface area contributed by atoms with E-state index in [2.05, 4.69) is 27.7 Å². The largest absolute Gasteiger partial charge is 0.478 e. The quantitative estimate of drug-likeness (QED) is 0.0299. The predicted molar refractivity (Wildman–Crippen MR) is 245 cm³/mol. The summed E-state index contributed by atoms with van der Waals surface area (Å²) in [6, 6.07) is 7.22. The molecule has 0 aliphatic heterocycles.